The topological polar surface area (TPSA) is 63.2 Å². The number of benzene rings is 1. The van der Waals surface area contributed by atoms with E-state index in [0.717, 1.165) is 45.0 Å². The lowest BCUT2D eigenvalue weighted by Gasteiger charge is -2.33. The number of hydrogen-bond acceptors (Lipinski definition) is 4. The Balaban J connectivity index is 0.00000364. The number of esters is 1. The van der Waals surface area contributed by atoms with Gasteiger partial charge in [-0.2, -0.15) is 0 Å². The predicted molar refractivity (Wildman–Crippen MR) is 118 cm³/mol. The zero-order chi connectivity index (χ0) is 18.8. The maximum atomic E-state index is 11.7. The number of ether oxygens (including phenoxy) is 2. The molecule has 1 saturated heterocycles. The summed E-state index contributed by atoms with van der Waals surface area (Å²) in [6, 6.07) is 8.39. The van der Waals surface area contributed by atoms with Gasteiger partial charge in [0.05, 0.1) is 26.2 Å². The van der Waals surface area contributed by atoms with Crippen LogP contribution in [0, 0.1) is 5.92 Å². The van der Waals surface area contributed by atoms with Crippen LogP contribution in [0.4, 0.5) is 0 Å². The van der Waals surface area contributed by atoms with Gasteiger partial charge < -0.3 is 19.7 Å². The molecule has 7 heteroatoms. The van der Waals surface area contributed by atoms with Crippen molar-refractivity contribution in [2.75, 3.05) is 33.4 Å². The van der Waals surface area contributed by atoms with E-state index in [0.29, 0.717) is 13.2 Å². The Labute approximate surface area is 179 Å². The number of nitrogens with zero attached hydrogens (tertiary/aromatic N) is 2. The molecule has 0 aromatic heterocycles. The van der Waals surface area contributed by atoms with E-state index in [2.05, 4.69) is 41.4 Å². The highest BCUT2D eigenvalue weighted by molar-refractivity contribution is 14.0. The van der Waals surface area contributed by atoms with Crippen LogP contribution in [-0.4, -0.2) is 50.2 Å². The molecule has 0 unspecified atom stereocenters. The summed E-state index contributed by atoms with van der Waals surface area (Å²) in [5.41, 5.74) is 2.35. The van der Waals surface area contributed by atoms with Crippen LogP contribution in [0.5, 0.6) is 0 Å². The minimum Gasteiger partial charge on any atom is -0.469 e. The summed E-state index contributed by atoms with van der Waals surface area (Å²) < 4.78 is 10.3. The van der Waals surface area contributed by atoms with Crippen molar-refractivity contribution < 1.29 is 14.3 Å². The van der Waals surface area contributed by atoms with Crippen LogP contribution in [0.2, 0.25) is 0 Å². The van der Waals surface area contributed by atoms with Crippen LogP contribution in [-0.2, 0) is 27.4 Å². The third-order valence-electron chi connectivity index (χ3n) is 4.57. The first-order valence-electron chi connectivity index (χ1n) is 9.44. The van der Waals surface area contributed by atoms with Crippen molar-refractivity contribution in [3.05, 3.63) is 35.4 Å². The molecule has 0 aliphatic carbocycles. The van der Waals surface area contributed by atoms with Crippen molar-refractivity contribution in [3.63, 3.8) is 0 Å². The number of halogens is 1. The first kappa shape index (κ1) is 23.7. The van der Waals surface area contributed by atoms with Crippen LogP contribution in [0.25, 0.3) is 0 Å². The fourth-order valence-corrected chi connectivity index (χ4v) is 3.05. The maximum Gasteiger partial charge on any atom is 0.308 e. The SMILES string of the molecule is CCNC(=NCc1ccc(COCC)cc1)N1CCC(C(=O)OC)CC1.I. The van der Waals surface area contributed by atoms with Crippen LogP contribution >= 0.6 is 24.0 Å². The van der Waals surface area contributed by atoms with E-state index in [9.17, 15) is 4.79 Å². The molecule has 1 aliphatic rings. The Bertz CT molecular complexity index is 585. The van der Waals surface area contributed by atoms with E-state index in [1.54, 1.807) is 0 Å². The van der Waals surface area contributed by atoms with Crippen LogP contribution in [0.3, 0.4) is 0 Å². The summed E-state index contributed by atoms with van der Waals surface area (Å²) in [4.78, 5) is 18.7. The Morgan fingerprint density at radius 2 is 1.81 bits per heavy atom. The molecule has 1 N–H and O–H groups in total. The molecule has 0 amide bonds. The first-order chi connectivity index (χ1) is 12.7. The summed E-state index contributed by atoms with van der Waals surface area (Å²) >= 11 is 0. The maximum absolute atomic E-state index is 11.7. The zero-order valence-electron chi connectivity index (χ0n) is 16.6. The number of nitrogens with one attached hydrogen (secondary N) is 1. The van der Waals surface area contributed by atoms with E-state index in [1.165, 1.54) is 18.2 Å². The molecule has 0 radical (unpaired) electrons. The zero-order valence-corrected chi connectivity index (χ0v) is 18.9. The molecule has 1 aromatic carbocycles. The molecule has 2 rings (SSSR count). The van der Waals surface area contributed by atoms with Crippen LogP contribution in [0.1, 0.15) is 37.8 Å². The van der Waals surface area contributed by atoms with Gasteiger partial charge in [0.15, 0.2) is 5.96 Å². The molecule has 1 heterocycles. The van der Waals surface area contributed by atoms with Crippen molar-refractivity contribution >= 4 is 35.9 Å². The summed E-state index contributed by atoms with van der Waals surface area (Å²) in [6.07, 6.45) is 1.62. The summed E-state index contributed by atoms with van der Waals surface area (Å²) in [6.45, 7) is 8.54. The smallest absolute Gasteiger partial charge is 0.308 e. The molecule has 0 atom stereocenters. The lowest BCUT2D eigenvalue weighted by atomic mass is 9.97. The molecular weight excluding hydrogens is 457 g/mol. The highest BCUT2D eigenvalue weighted by Gasteiger charge is 2.26. The van der Waals surface area contributed by atoms with Crippen molar-refractivity contribution in [1.82, 2.24) is 10.2 Å². The average molecular weight is 489 g/mol. The van der Waals surface area contributed by atoms with E-state index < -0.39 is 0 Å². The second-order valence-corrected chi connectivity index (χ2v) is 6.41. The van der Waals surface area contributed by atoms with Gasteiger partial charge in [0.1, 0.15) is 0 Å². The van der Waals surface area contributed by atoms with E-state index in [4.69, 9.17) is 14.5 Å². The Hall–Kier alpha value is -1.35. The number of rotatable bonds is 7. The lowest BCUT2D eigenvalue weighted by molar-refractivity contribution is -0.146. The largest absolute Gasteiger partial charge is 0.469 e. The van der Waals surface area contributed by atoms with Gasteiger partial charge in [-0.25, -0.2) is 4.99 Å². The monoisotopic (exact) mass is 489 g/mol. The number of methoxy groups -OCH3 is 1. The summed E-state index contributed by atoms with van der Waals surface area (Å²) in [5.74, 6) is 0.824. The molecule has 6 nitrogen and oxygen atoms in total. The number of guanidine groups is 1. The van der Waals surface area contributed by atoms with Gasteiger partial charge in [-0.1, -0.05) is 24.3 Å². The number of hydrogen-bond donors (Lipinski definition) is 1. The van der Waals surface area contributed by atoms with Gasteiger partial charge in [-0.3, -0.25) is 4.79 Å². The average Bonchev–Trinajstić information content (AvgIpc) is 2.70. The van der Waals surface area contributed by atoms with Gasteiger partial charge in [0.2, 0.25) is 0 Å². The fourth-order valence-electron chi connectivity index (χ4n) is 3.05. The minimum absolute atomic E-state index is 0. The van der Waals surface area contributed by atoms with Crippen molar-refractivity contribution in [2.45, 2.75) is 39.8 Å². The molecule has 27 heavy (non-hydrogen) atoms. The van der Waals surface area contributed by atoms with Crippen molar-refractivity contribution in [3.8, 4) is 0 Å². The molecule has 0 bridgehead atoms. The third-order valence-corrected chi connectivity index (χ3v) is 4.57. The number of aliphatic imine (C=N–C) groups is 1. The van der Waals surface area contributed by atoms with Gasteiger partial charge in [0, 0.05) is 26.2 Å². The van der Waals surface area contributed by atoms with Crippen molar-refractivity contribution in [1.29, 1.82) is 0 Å². The Morgan fingerprint density at radius 3 is 2.37 bits per heavy atom. The Morgan fingerprint density at radius 1 is 1.19 bits per heavy atom. The highest BCUT2D eigenvalue weighted by atomic mass is 127. The van der Waals surface area contributed by atoms with E-state index in [1.807, 2.05) is 6.92 Å². The lowest BCUT2D eigenvalue weighted by Crippen LogP contribution is -2.46. The van der Waals surface area contributed by atoms with E-state index >= 15 is 0 Å². The Kier molecular flexibility index (Phi) is 11.3. The quantitative estimate of drug-likeness (QED) is 0.276. The number of carbonyl (C=O) groups excluding carboxylic acids is 1. The third kappa shape index (κ3) is 7.65. The number of piperidine rings is 1. The van der Waals surface area contributed by atoms with Gasteiger partial charge in [0.25, 0.3) is 0 Å². The molecule has 152 valence electrons. The minimum atomic E-state index is -0.0984. The second kappa shape index (κ2) is 12.9. The van der Waals surface area contributed by atoms with Gasteiger partial charge in [-0.15, -0.1) is 24.0 Å². The molecular formula is C20H32IN3O3. The summed E-state index contributed by atoms with van der Waals surface area (Å²) in [5, 5.41) is 3.36. The number of likely N-dealkylation sites (tertiary alicyclic amines) is 1. The van der Waals surface area contributed by atoms with Crippen LogP contribution < -0.4 is 5.32 Å². The van der Waals surface area contributed by atoms with Gasteiger partial charge in [-0.05, 0) is 37.8 Å². The highest BCUT2D eigenvalue weighted by Crippen LogP contribution is 2.18. The molecule has 0 saturated carbocycles. The first-order valence-corrected chi connectivity index (χ1v) is 9.44. The normalized spacial score (nSPS) is 15.2. The molecule has 1 aromatic rings. The van der Waals surface area contributed by atoms with Crippen molar-refractivity contribution in [2.24, 2.45) is 10.9 Å². The van der Waals surface area contributed by atoms with E-state index in [-0.39, 0.29) is 35.9 Å². The standard InChI is InChI=1S/C20H31N3O3.HI/c1-4-21-20(23-12-10-18(11-13-23)19(24)25-3)22-14-16-6-8-17(9-7-16)15-26-5-2;/h6-9,18H,4-5,10-15H2,1-3H3,(H,21,22);1H. The summed E-state index contributed by atoms with van der Waals surface area (Å²) in [7, 11) is 1.46. The molecule has 0 spiro atoms. The van der Waals surface area contributed by atoms with Gasteiger partial charge >= 0.3 is 5.97 Å². The van der Waals surface area contributed by atoms with Crippen LogP contribution in [0.15, 0.2) is 29.3 Å². The fraction of sp³-hybridized carbons (Fsp3) is 0.600. The number of carbonyl (C=O) groups is 1. The molecule has 1 aliphatic heterocycles. The molecule has 1 fully saturated rings. The predicted octanol–water partition coefficient (Wildman–Crippen LogP) is 3.19. The second-order valence-electron chi connectivity index (χ2n) is 6.41.